The van der Waals surface area contributed by atoms with Gasteiger partial charge in [-0.15, -0.1) is 0 Å². The maximum absolute atomic E-state index is 3.78. The van der Waals surface area contributed by atoms with Crippen LogP contribution in [0.2, 0.25) is 0 Å². The molecule has 4 heteroatoms. The van der Waals surface area contributed by atoms with Crippen LogP contribution in [0.15, 0.2) is 0 Å². The highest BCUT2D eigenvalue weighted by Gasteiger charge is 2.30. The SMILES string of the molecule is CCCCCCCCCC[N+]1(CC#CC[N+]2(CCCCCCCCCC)CCCCC2)CCCCC1.[Br-].[Br-]. The van der Waals surface area contributed by atoms with Gasteiger partial charge in [-0.3, -0.25) is 0 Å². The van der Waals surface area contributed by atoms with Crippen molar-refractivity contribution in [3.05, 3.63) is 0 Å². The first-order valence-corrected chi connectivity index (χ1v) is 16.9. The second-order valence-electron chi connectivity index (χ2n) is 12.8. The number of likely N-dealkylation sites (tertiary alicyclic amines) is 2. The van der Waals surface area contributed by atoms with Crippen LogP contribution >= 0.6 is 0 Å². The quantitative estimate of drug-likeness (QED) is 0.107. The molecule has 0 aromatic rings. The van der Waals surface area contributed by atoms with Gasteiger partial charge in [0.25, 0.3) is 0 Å². The summed E-state index contributed by atoms with van der Waals surface area (Å²) < 4.78 is 2.64. The minimum Gasteiger partial charge on any atom is -1.00 e. The van der Waals surface area contributed by atoms with Crippen molar-refractivity contribution in [1.29, 1.82) is 0 Å². The molecule has 2 rings (SSSR count). The van der Waals surface area contributed by atoms with Crippen molar-refractivity contribution in [1.82, 2.24) is 0 Å². The van der Waals surface area contributed by atoms with Crippen LogP contribution in [0.1, 0.15) is 155 Å². The zero-order chi connectivity index (χ0) is 25.6. The molecule has 38 heavy (non-hydrogen) atoms. The topological polar surface area (TPSA) is 0 Å². The van der Waals surface area contributed by atoms with E-state index in [0.29, 0.717) is 0 Å². The molecular weight excluding hydrogens is 596 g/mol. The van der Waals surface area contributed by atoms with Crippen molar-refractivity contribution in [3.63, 3.8) is 0 Å². The Morgan fingerprint density at radius 3 is 1.00 bits per heavy atom. The summed E-state index contributed by atoms with van der Waals surface area (Å²) in [6.07, 6.45) is 31.6. The summed E-state index contributed by atoms with van der Waals surface area (Å²) in [7, 11) is 0. The number of rotatable bonds is 20. The fourth-order valence-corrected chi connectivity index (χ4v) is 6.90. The van der Waals surface area contributed by atoms with E-state index < -0.39 is 0 Å². The number of hydrogen-bond donors (Lipinski definition) is 0. The Morgan fingerprint density at radius 2 is 0.684 bits per heavy atom. The molecule has 0 saturated carbocycles. The van der Waals surface area contributed by atoms with Gasteiger partial charge in [-0.2, -0.15) is 0 Å². The van der Waals surface area contributed by atoms with Gasteiger partial charge in [-0.05, 0) is 76.0 Å². The van der Waals surface area contributed by atoms with E-state index in [1.165, 1.54) is 189 Å². The van der Waals surface area contributed by atoms with Crippen LogP contribution in [-0.4, -0.2) is 61.3 Å². The molecular formula is C34H66Br2N2. The van der Waals surface area contributed by atoms with Crippen molar-refractivity contribution in [3.8, 4) is 11.8 Å². The van der Waals surface area contributed by atoms with Gasteiger partial charge in [0.1, 0.15) is 13.1 Å². The molecule has 2 aliphatic heterocycles. The maximum Gasteiger partial charge on any atom is 0.141 e. The van der Waals surface area contributed by atoms with Gasteiger partial charge in [-0.1, -0.05) is 90.9 Å². The van der Waals surface area contributed by atoms with Crippen LogP contribution in [0, 0.1) is 11.8 Å². The fourth-order valence-electron chi connectivity index (χ4n) is 6.90. The van der Waals surface area contributed by atoms with Crippen LogP contribution in [0.4, 0.5) is 0 Å². The van der Waals surface area contributed by atoms with Crippen molar-refractivity contribution >= 4 is 0 Å². The van der Waals surface area contributed by atoms with Gasteiger partial charge in [0.15, 0.2) is 0 Å². The van der Waals surface area contributed by atoms with Crippen LogP contribution in [0.5, 0.6) is 0 Å². The Bertz CT molecular complexity index is 523. The van der Waals surface area contributed by atoms with Crippen LogP contribution < -0.4 is 34.0 Å². The number of nitrogens with zero attached hydrogens (tertiary/aromatic N) is 2. The van der Waals surface area contributed by atoms with E-state index >= 15 is 0 Å². The third kappa shape index (κ3) is 17.3. The largest absolute Gasteiger partial charge is 1.00 e. The highest BCUT2D eigenvalue weighted by molar-refractivity contribution is 5.00. The molecule has 2 aliphatic rings. The molecule has 2 nitrogen and oxygen atoms in total. The predicted octanol–water partition coefficient (Wildman–Crippen LogP) is 3.28. The first kappa shape index (κ1) is 38.4. The molecule has 0 aromatic carbocycles. The summed E-state index contributed by atoms with van der Waals surface area (Å²) in [5.74, 6) is 7.56. The zero-order valence-corrected chi connectivity index (χ0v) is 29.0. The lowest BCUT2D eigenvalue weighted by molar-refractivity contribution is -0.927. The Labute approximate surface area is 261 Å². The van der Waals surface area contributed by atoms with Crippen molar-refractivity contribution in [2.24, 2.45) is 0 Å². The van der Waals surface area contributed by atoms with Gasteiger partial charge >= 0.3 is 0 Å². The molecule has 0 spiro atoms. The van der Waals surface area contributed by atoms with Crippen molar-refractivity contribution < 1.29 is 42.9 Å². The fraction of sp³-hybridized carbons (Fsp3) is 0.941. The van der Waals surface area contributed by atoms with Crippen LogP contribution in [-0.2, 0) is 0 Å². The van der Waals surface area contributed by atoms with E-state index in [1.807, 2.05) is 0 Å². The normalized spacial score (nSPS) is 18.1. The Kier molecular flexibility index (Phi) is 25.5. The van der Waals surface area contributed by atoms with Crippen LogP contribution in [0.3, 0.4) is 0 Å². The third-order valence-corrected chi connectivity index (χ3v) is 9.46. The Balaban J connectivity index is 0.00000684. The first-order chi connectivity index (χ1) is 17.7. The monoisotopic (exact) mass is 660 g/mol. The van der Waals surface area contributed by atoms with Gasteiger partial charge in [-0.25, -0.2) is 0 Å². The van der Waals surface area contributed by atoms with Crippen molar-refractivity contribution in [2.75, 3.05) is 52.4 Å². The molecule has 226 valence electrons. The second kappa shape index (κ2) is 25.2. The van der Waals surface area contributed by atoms with E-state index in [4.69, 9.17) is 0 Å². The maximum atomic E-state index is 3.78. The number of halogens is 2. The number of hydrogen-bond acceptors (Lipinski definition) is 0. The molecule has 0 N–H and O–H groups in total. The third-order valence-electron chi connectivity index (χ3n) is 9.46. The minimum atomic E-state index is 0. The average Bonchev–Trinajstić information content (AvgIpc) is 2.91. The molecule has 0 radical (unpaired) electrons. The standard InChI is InChI=1S/C34H66N2.2BrH/c1-3-5-7-9-11-13-15-19-27-35(29-21-17-22-30-35)33-25-26-34-36(31-23-18-24-32-36)28-20-16-14-12-10-8-6-4-2;;/h3-24,27-34H2,1-2H3;2*1H/q+2;;/p-2. The minimum absolute atomic E-state index is 0. The molecule has 0 aromatic heterocycles. The van der Waals surface area contributed by atoms with E-state index in [0.717, 1.165) is 13.1 Å². The second-order valence-corrected chi connectivity index (χ2v) is 12.8. The highest BCUT2D eigenvalue weighted by Crippen LogP contribution is 2.22. The van der Waals surface area contributed by atoms with Crippen LogP contribution in [0.25, 0.3) is 0 Å². The highest BCUT2D eigenvalue weighted by atomic mass is 79.9. The van der Waals surface area contributed by atoms with Gasteiger partial charge in [0, 0.05) is 0 Å². The van der Waals surface area contributed by atoms with E-state index in [-0.39, 0.29) is 34.0 Å². The number of quaternary nitrogens is 2. The molecule has 0 atom stereocenters. The summed E-state index contributed by atoms with van der Waals surface area (Å²) in [6, 6.07) is 0. The van der Waals surface area contributed by atoms with Gasteiger partial charge in [0.2, 0.25) is 0 Å². The number of piperidine rings is 2. The lowest BCUT2D eigenvalue weighted by Crippen LogP contribution is -3.00. The smallest absolute Gasteiger partial charge is 0.141 e. The summed E-state index contributed by atoms with van der Waals surface area (Å²) in [4.78, 5) is 0. The van der Waals surface area contributed by atoms with E-state index in [1.54, 1.807) is 0 Å². The Hall–Kier alpha value is 0.440. The zero-order valence-electron chi connectivity index (χ0n) is 25.9. The summed E-state index contributed by atoms with van der Waals surface area (Å²) in [5.41, 5.74) is 0. The molecule has 2 fully saturated rings. The van der Waals surface area contributed by atoms with Gasteiger partial charge in [0.05, 0.1) is 39.3 Å². The van der Waals surface area contributed by atoms with E-state index in [9.17, 15) is 0 Å². The average molecular weight is 663 g/mol. The molecule has 0 aliphatic carbocycles. The predicted molar refractivity (Wildman–Crippen MR) is 160 cm³/mol. The molecule has 2 heterocycles. The lowest BCUT2D eigenvalue weighted by Gasteiger charge is -2.41. The molecule has 0 bridgehead atoms. The molecule has 0 unspecified atom stereocenters. The summed E-state index contributed by atoms with van der Waals surface area (Å²) in [6.45, 7) is 15.2. The molecule has 2 saturated heterocycles. The van der Waals surface area contributed by atoms with Gasteiger partial charge < -0.3 is 42.9 Å². The summed E-state index contributed by atoms with van der Waals surface area (Å²) >= 11 is 0. The first-order valence-electron chi connectivity index (χ1n) is 16.9. The molecule has 0 amide bonds. The Morgan fingerprint density at radius 1 is 0.395 bits per heavy atom. The lowest BCUT2D eigenvalue weighted by atomic mass is 10.0. The van der Waals surface area contributed by atoms with Crippen molar-refractivity contribution in [2.45, 2.75) is 155 Å². The summed E-state index contributed by atoms with van der Waals surface area (Å²) in [5, 5.41) is 0. The number of unbranched alkanes of at least 4 members (excludes halogenated alkanes) is 14. The van der Waals surface area contributed by atoms with E-state index in [2.05, 4.69) is 25.7 Å².